The number of amidine groups is 1. The summed E-state index contributed by atoms with van der Waals surface area (Å²) in [6, 6.07) is 7.88. The molecule has 1 aliphatic rings. The number of esters is 1. The number of carbonyl (C=O) groups is 4. The number of hydrogen-bond donors (Lipinski definition) is 3. The number of rotatable bonds is 4. The van der Waals surface area contributed by atoms with E-state index in [0.717, 1.165) is 0 Å². The number of nitrogens with two attached hydrogens (primary N) is 1. The fourth-order valence-corrected chi connectivity index (χ4v) is 3.75. The molecular weight excluding hydrogens is 386 g/mol. The smallest absolute Gasteiger partial charge is 0.337 e. The van der Waals surface area contributed by atoms with Gasteiger partial charge in [-0.3, -0.25) is 19.8 Å². The summed E-state index contributed by atoms with van der Waals surface area (Å²) < 4.78 is 4.77. The molecule has 1 aliphatic carbocycles. The Morgan fingerprint density at radius 2 is 1.73 bits per heavy atom. The zero-order valence-corrected chi connectivity index (χ0v) is 17.0. The summed E-state index contributed by atoms with van der Waals surface area (Å²) in [6.45, 7) is 3.63. The molecule has 1 saturated carbocycles. The minimum atomic E-state index is -1.38. The molecule has 156 valence electrons. The zero-order chi connectivity index (χ0) is 22.2. The van der Waals surface area contributed by atoms with E-state index in [4.69, 9.17) is 15.9 Å². The van der Waals surface area contributed by atoms with Crippen molar-refractivity contribution in [1.29, 1.82) is 5.41 Å². The molecule has 1 amide bonds. The fraction of sp³-hybridized carbons (Fsp3) is 0.318. The van der Waals surface area contributed by atoms with Crippen LogP contribution in [0.15, 0.2) is 30.3 Å². The lowest BCUT2D eigenvalue weighted by Crippen LogP contribution is -2.44. The highest BCUT2D eigenvalue weighted by Gasteiger charge is 2.43. The zero-order valence-electron chi connectivity index (χ0n) is 17.0. The third-order valence-corrected chi connectivity index (χ3v) is 5.16. The Morgan fingerprint density at radius 1 is 1.10 bits per heavy atom. The summed E-state index contributed by atoms with van der Waals surface area (Å²) >= 11 is 0. The van der Waals surface area contributed by atoms with Crippen LogP contribution in [-0.2, 0) is 19.1 Å². The summed E-state index contributed by atoms with van der Waals surface area (Å²) in [5.74, 6) is -3.73. The molecule has 0 spiro atoms. The molecule has 0 aromatic heterocycles. The van der Waals surface area contributed by atoms with Crippen LogP contribution >= 0.6 is 0 Å². The summed E-state index contributed by atoms with van der Waals surface area (Å²) in [5.41, 5.74) is 5.94. The maximum atomic E-state index is 12.9. The molecule has 0 radical (unpaired) electrons. The van der Waals surface area contributed by atoms with Gasteiger partial charge in [0.05, 0.1) is 12.7 Å². The first kappa shape index (κ1) is 21.2. The van der Waals surface area contributed by atoms with Crippen LogP contribution in [0.3, 0.4) is 0 Å². The van der Waals surface area contributed by atoms with E-state index < -0.39 is 34.8 Å². The number of nitrogens with one attached hydrogen (secondary N) is 2. The van der Waals surface area contributed by atoms with Crippen molar-refractivity contribution in [1.82, 2.24) is 0 Å². The first-order chi connectivity index (χ1) is 14.0. The lowest BCUT2D eigenvalue weighted by Gasteiger charge is -2.31. The van der Waals surface area contributed by atoms with E-state index in [0.29, 0.717) is 16.3 Å². The lowest BCUT2D eigenvalue weighted by atomic mass is 9.71. The van der Waals surface area contributed by atoms with Gasteiger partial charge in [0.2, 0.25) is 5.91 Å². The Morgan fingerprint density at radius 3 is 2.30 bits per heavy atom. The first-order valence-corrected chi connectivity index (χ1v) is 9.39. The highest BCUT2D eigenvalue weighted by atomic mass is 16.5. The number of nitrogen functional groups attached to an aromatic ring is 1. The number of ketones is 2. The molecule has 0 bridgehead atoms. The average Bonchev–Trinajstić information content (AvgIpc) is 2.65. The maximum absolute atomic E-state index is 12.9. The minimum absolute atomic E-state index is 0.133. The van der Waals surface area contributed by atoms with Crippen molar-refractivity contribution in [2.75, 3.05) is 12.4 Å². The second-order valence-corrected chi connectivity index (χ2v) is 8.24. The molecule has 4 N–H and O–H groups in total. The van der Waals surface area contributed by atoms with Gasteiger partial charge >= 0.3 is 5.97 Å². The van der Waals surface area contributed by atoms with Gasteiger partial charge in [0.15, 0.2) is 17.5 Å². The molecule has 2 aromatic rings. The minimum Gasteiger partial charge on any atom is -0.465 e. The molecule has 0 atom stereocenters. The standard InChI is InChI=1S/C22H23N3O5/c1-22(2)9-16(26)18(17(27)10-22)20(28)25-15-8-13(21(29)30-3)6-11-4-5-12(19(23)24)7-14(11)15/h4-8,18H,9-10H2,1-3H3,(H3,23,24)(H,25,28). The molecule has 0 aliphatic heterocycles. The van der Waals surface area contributed by atoms with E-state index in [1.165, 1.54) is 13.2 Å². The van der Waals surface area contributed by atoms with Crippen LogP contribution in [-0.4, -0.2) is 36.4 Å². The van der Waals surface area contributed by atoms with Gasteiger partial charge in [-0.15, -0.1) is 0 Å². The predicted octanol–water partition coefficient (Wildman–Crippen LogP) is 2.42. The van der Waals surface area contributed by atoms with Crippen molar-refractivity contribution in [2.24, 2.45) is 17.1 Å². The Labute approximate surface area is 173 Å². The second-order valence-electron chi connectivity index (χ2n) is 8.24. The highest BCUT2D eigenvalue weighted by Crippen LogP contribution is 2.35. The van der Waals surface area contributed by atoms with Gasteiger partial charge in [-0.25, -0.2) is 4.79 Å². The summed E-state index contributed by atoms with van der Waals surface area (Å²) in [7, 11) is 1.24. The number of methoxy groups -OCH3 is 1. The largest absolute Gasteiger partial charge is 0.465 e. The molecule has 0 saturated heterocycles. The Kier molecular flexibility index (Phi) is 5.43. The van der Waals surface area contributed by atoms with Gasteiger partial charge in [0.1, 0.15) is 5.84 Å². The quantitative estimate of drug-likeness (QED) is 0.307. The average molecular weight is 409 g/mol. The van der Waals surface area contributed by atoms with Crippen LogP contribution in [0.4, 0.5) is 5.69 Å². The van der Waals surface area contributed by atoms with Gasteiger partial charge in [0.25, 0.3) is 0 Å². The van der Waals surface area contributed by atoms with Crippen LogP contribution in [0.25, 0.3) is 10.8 Å². The monoisotopic (exact) mass is 409 g/mol. The molecule has 1 fully saturated rings. The molecule has 8 heteroatoms. The van der Waals surface area contributed by atoms with Crippen LogP contribution < -0.4 is 11.1 Å². The van der Waals surface area contributed by atoms with E-state index in [1.807, 2.05) is 13.8 Å². The van der Waals surface area contributed by atoms with E-state index in [1.54, 1.807) is 24.3 Å². The van der Waals surface area contributed by atoms with E-state index >= 15 is 0 Å². The number of anilines is 1. The van der Waals surface area contributed by atoms with Gasteiger partial charge < -0.3 is 15.8 Å². The highest BCUT2D eigenvalue weighted by molar-refractivity contribution is 6.24. The Balaban J connectivity index is 2.04. The van der Waals surface area contributed by atoms with E-state index in [9.17, 15) is 19.2 Å². The Bertz CT molecular complexity index is 1080. The van der Waals surface area contributed by atoms with Gasteiger partial charge in [-0.05, 0) is 29.0 Å². The number of hydrogen-bond acceptors (Lipinski definition) is 6. The molecule has 30 heavy (non-hydrogen) atoms. The molecule has 3 rings (SSSR count). The van der Waals surface area contributed by atoms with Crippen molar-refractivity contribution in [3.63, 3.8) is 0 Å². The van der Waals surface area contributed by atoms with Crippen LogP contribution in [0.5, 0.6) is 0 Å². The topological polar surface area (TPSA) is 139 Å². The predicted molar refractivity (Wildman–Crippen MR) is 111 cm³/mol. The van der Waals surface area contributed by atoms with Crippen molar-refractivity contribution < 1.29 is 23.9 Å². The van der Waals surface area contributed by atoms with E-state index in [-0.39, 0.29) is 29.9 Å². The fourth-order valence-electron chi connectivity index (χ4n) is 3.75. The molecule has 2 aromatic carbocycles. The number of amides is 1. The Hall–Kier alpha value is -3.55. The molecule has 0 unspecified atom stereocenters. The third kappa shape index (κ3) is 4.07. The second kappa shape index (κ2) is 7.70. The first-order valence-electron chi connectivity index (χ1n) is 9.39. The van der Waals surface area contributed by atoms with Crippen molar-refractivity contribution in [3.8, 4) is 0 Å². The van der Waals surface area contributed by atoms with Crippen molar-refractivity contribution in [3.05, 3.63) is 41.5 Å². The van der Waals surface area contributed by atoms with Crippen molar-refractivity contribution in [2.45, 2.75) is 26.7 Å². The summed E-state index contributed by atoms with van der Waals surface area (Å²) in [5, 5.41) is 11.4. The number of Topliss-reactive ketones (excluding diaryl/α,β-unsaturated/α-hetero) is 2. The maximum Gasteiger partial charge on any atom is 0.337 e. The summed E-state index contributed by atoms with van der Waals surface area (Å²) in [6.07, 6.45) is 0.266. The van der Waals surface area contributed by atoms with Crippen LogP contribution in [0.2, 0.25) is 0 Å². The van der Waals surface area contributed by atoms with Crippen LogP contribution in [0, 0.1) is 16.7 Å². The van der Waals surface area contributed by atoms with Gasteiger partial charge in [-0.1, -0.05) is 26.0 Å². The molecular formula is C22H23N3O5. The normalized spacial score (nSPS) is 16.4. The lowest BCUT2D eigenvalue weighted by molar-refractivity contribution is -0.144. The number of carbonyl (C=O) groups excluding carboxylic acids is 4. The van der Waals surface area contributed by atoms with E-state index in [2.05, 4.69) is 5.32 Å². The number of benzene rings is 2. The third-order valence-electron chi connectivity index (χ3n) is 5.16. The van der Waals surface area contributed by atoms with Crippen molar-refractivity contribution >= 4 is 45.7 Å². The number of ether oxygens (including phenoxy) is 1. The van der Waals surface area contributed by atoms with Gasteiger partial charge in [-0.2, -0.15) is 0 Å². The summed E-state index contributed by atoms with van der Waals surface area (Å²) in [4.78, 5) is 49.9. The SMILES string of the molecule is COC(=O)c1cc(NC(=O)C2C(=O)CC(C)(C)CC2=O)c2cc(C(=N)N)ccc2c1. The molecule has 8 nitrogen and oxygen atoms in total. The van der Waals surface area contributed by atoms with Gasteiger partial charge in [0, 0.05) is 29.5 Å². The van der Waals surface area contributed by atoms with Crippen LogP contribution in [0.1, 0.15) is 42.6 Å². The number of fused-ring (bicyclic) bond motifs is 1. The molecule has 0 heterocycles.